The fraction of sp³-hybridized carbons (Fsp3) is 0.625. The Morgan fingerprint density at radius 1 is 0.475 bits per heavy atom. The highest BCUT2D eigenvalue weighted by atomic mass is 16.7. The van der Waals surface area contributed by atoms with Crippen LogP contribution in [-0.4, -0.2) is 193 Å². The molecule has 14 atom stereocenters. The van der Waals surface area contributed by atoms with E-state index in [9.17, 15) is 43.5 Å². The van der Waals surface area contributed by atoms with E-state index < -0.39 is 186 Å². The van der Waals surface area contributed by atoms with E-state index in [-0.39, 0.29) is 32.4 Å². The van der Waals surface area contributed by atoms with Crippen LogP contribution in [0.1, 0.15) is 167 Å². The van der Waals surface area contributed by atoms with Crippen molar-refractivity contribution in [2.75, 3.05) is 19.7 Å². The second-order valence-electron chi connectivity index (χ2n) is 29.9. The Bertz CT molecular complexity index is 3160. The average Bonchev–Trinajstić information content (AvgIpc) is 0.696. The number of ether oxygens (including phenoxy) is 13. The summed E-state index contributed by atoms with van der Waals surface area (Å²) in [6, 6.07) is 21.9. The summed E-state index contributed by atoms with van der Waals surface area (Å²) in [5.41, 5.74) is -4.61. The van der Waals surface area contributed by atoms with Crippen LogP contribution in [0, 0.1) is 0 Å². The molecular formula is C72H104N6O23. The van der Waals surface area contributed by atoms with Crippen molar-refractivity contribution in [2.45, 2.75) is 269 Å². The highest BCUT2D eigenvalue weighted by molar-refractivity contribution is 5.84. The third-order valence-electron chi connectivity index (χ3n) is 15.2. The monoisotopic (exact) mass is 1420 g/mol. The van der Waals surface area contributed by atoms with Crippen LogP contribution in [0.2, 0.25) is 0 Å². The predicted molar refractivity (Wildman–Crippen MR) is 363 cm³/mol. The number of hydrogen-bond donors (Lipinski definition) is 7. The number of carbonyl (C=O) groups excluding carboxylic acids is 9. The van der Waals surface area contributed by atoms with Gasteiger partial charge in [0.15, 0.2) is 30.9 Å². The number of rotatable bonds is 23. The summed E-state index contributed by atoms with van der Waals surface area (Å²) < 4.78 is 80.6. The van der Waals surface area contributed by atoms with Crippen molar-refractivity contribution in [1.82, 2.24) is 31.9 Å². The lowest BCUT2D eigenvalue weighted by atomic mass is 9.80. The van der Waals surface area contributed by atoms with Crippen molar-refractivity contribution < 1.29 is 110 Å². The highest BCUT2D eigenvalue weighted by Gasteiger charge is 2.57. The second-order valence-corrected chi connectivity index (χ2v) is 29.9. The number of aliphatic hydroxyl groups excluding tert-OH is 1. The van der Waals surface area contributed by atoms with Gasteiger partial charge in [-0.15, -0.1) is 0 Å². The first-order valence-electron chi connectivity index (χ1n) is 33.8. The lowest BCUT2D eigenvalue weighted by Gasteiger charge is -2.50. The van der Waals surface area contributed by atoms with Crippen molar-refractivity contribution in [1.29, 1.82) is 0 Å². The maximum absolute atomic E-state index is 15.1. The van der Waals surface area contributed by atoms with Crippen LogP contribution in [0.5, 0.6) is 0 Å². The molecule has 1 aliphatic carbocycles. The van der Waals surface area contributed by atoms with Crippen LogP contribution < -0.4 is 31.9 Å². The van der Waals surface area contributed by atoms with Crippen molar-refractivity contribution in [2.24, 2.45) is 0 Å². The van der Waals surface area contributed by atoms with E-state index in [0.29, 0.717) is 16.7 Å². The van der Waals surface area contributed by atoms with Crippen LogP contribution >= 0.6 is 0 Å². The second kappa shape index (κ2) is 35.0. The number of nitrogens with one attached hydrogen (secondary N) is 6. The molecule has 0 radical (unpaired) electrons. The predicted octanol–water partition coefficient (Wildman–Crippen LogP) is 8.16. The van der Waals surface area contributed by atoms with Crippen molar-refractivity contribution in [3.8, 4) is 0 Å². The Morgan fingerprint density at radius 3 is 1.35 bits per heavy atom. The fourth-order valence-electron chi connectivity index (χ4n) is 11.6. The van der Waals surface area contributed by atoms with Crippen molar-refractivity contribution in [3.63, 3.8) is 0 Å². The molecule has 0 bridgehead atoms. The molecule has 6 amide bonds. The Morgan fingerprint density at radius 2 is 0.891 bits per heavy atom. The molecule has 2 aliphatic heterocycles. The fourth-order valence-corrected chi connectivity index (χ4v) is 11.6. The first-order chi connectivity index (χ1) is 47.0. The summed E-state index contributed by atoms with van der Waals surface area (Å²) in [6.07, 6.45) is -22.1. The molecule has 1 saturated carbocycles. The number of benzene rings is 3. The van der Waals surface area contributed by atoms with Gasteiger partial charge in [0.1, 0.15) is 64.1 Å². The van der Waals surface area contributed by atoms with Gasteiger partial charge in [0.2, 0.25) is 0 Å². The van der Waals surface area contributed by atoms with E-state index in [1.54, 1.807) is 104 Å². The summed E-state index contributed by atoms with van der Waals surface area (Å²) in [6.45, 7) is 26.9. The summed E-state index contributed by atoms with van der Waals surface area (Å²) >= 11 is 0. The molecular weight excluding hydrogens is 1320 g/mol. The first-order valence-corrected chi connectivity index (χ1v) is 33.8. The van der Waals surface area contributed by atoms with Crippen LogP contribution in [0.3, 0.4) is 0 Å². The molecule has 6 unspecified atom stereocenters. The average molecular weight is 1420 g/mol. The van der Waals surface area contributed by atoms with E-state index in [1.807, 2.05) is 91.0 Å². The van der Waals surface area contributed by atoms with Gasteiger partial charge in [-0.25, -0.2) is 24.0 Å². The zero-order valence-electron chi connectivity index (χ0n) is 61.1. The van der Waals surface area contributed by atoms with E-state index >= 15 is 4.79 Å². The number of esters is 3. The first kappa shape index (κ1) is 81.6. The third-order valence-corrected chi connectivity index (χ3v) is 15.2. The zero-order chi connectivity index (χ0) is 75.0. The number of alkyl carbamates (subject to hydrolysis) is 5. The normalized spacial score (nSPS) is 24.5. The molecule has 0 spiro atoms. The molecule has 0 aromatic heterocycles. The number of amides is 6. The van der Waals surface area contributed by atoms with Crippen LogP contribution in [0.4, 0.5) is 24.0 Å². The smallest absolute Gasteiger partial charge is 0.408 e. The van der Waals surface area contributed by atoms with E-state index in [2.05, 4.69) is 31.9 Å². The molecule has 560 valence electrons. The van der Waals surface area contributed by atoms with Crippen LogP contribution in [0.15, 0.2) is 91.0 Å². The Labute approximate surface area is 590 Å². The van der Waals surface area contributed by atoms with Crippen LogP contribution in [0.25, 0.3) is 0 Å². The number of hydrogen-bond acceptors (Lipinski definition) is 23. The summed E-state index contributed by atoms with van der Waals surface area (Å²) in [5.74, 6) is -3.79. The standard InChI is InChI=1S/C72H104N6O23/c1-41(79)90-51(36-37-73-62(84)97-67(4,5)6)59(83)75-49-38-50(77-65(87)100-70(13,14)15)56(95-60-48(76-64(86)99-69(10,11)12)35-34-47(93-60)39-74-63(85)98-68(7,8)9)54(82)55(49)96-61-58(92-43(3)81)53(78-66(88)101-71(16,17)18)57(91-42(2)80)52(94-61)40-89-72(44-28-22-19-23-29-44,45-30-24-20-25-31-45)46-32-26-21-27-33-46/h19-33,47-58,60-61,82H,34-40H2,1-18H3,(H,73,84)(H,74,85)(H,75,83)(H,76,86)(H,77,87)(H,78,88)/t47?,48?,49-,50-,51+,52?,53+,54?,55+,56?,57+,58?,60-,61-/m1/s1. The molecule has 3 aromatic rings. The maximum atomic E-state index is 15.1. The van der Waals surface area contributed by atoms with E-state index in [1.165, 1.54) is 0 Å². The minimum Gasteiger partial charge on any atom is -0.457 e. The lowest BCUT2D eigenvalue weighted by Crippen LogP contribution is -2.71. The Hall–Kier alpha value is -8.35. The minimum absolute atomic E-state index is 0.107. The van der Waals surface area contributed by atoms with Gasteiger partial charge >= 0.3 is 48.4 Å². The molecule has 2 heterocycles. The molecule has 3 fully saturated rings. The van der Waals surface area contributed by atoms with Crippen molar-refractivity contribution >= 4 is 54.3 Å². The van der Waals surface area contributed by atoms with Gasteiger partial charge in [0, 0.05) is 40.3 Å². The quantitative estimate of drug-likeness (QED) is 0.0267. The van der Waals surface area contributed by atoms with Gasteiger partial charge in [-0.3, -0.25) is 19.2 Å². The maximum Gasteiger partial charge on any atom is 0.408 e. The van der Waals surface area contributed by atoms with Gasteiger partial charge in [-0.05, 0) is 140 Å². The van der Waals surface area contributed by atoms with Gasteiger partial charge in [0.05, 0.1) is 30.8 Å². The Balaban J connectivity index is 1.57. The molecule has 3 aliphatic rings. The molecule has 29 nitrogen and oxygen atoms in total. The van der Waals surface area contributed by atoms with Gasteiger partial charge in [-0.2, -0.15) is 0 Å². The third kappa shape index (κ3) is 25.9. The van der Waals surface area contributed by atoms with E-state index in [0.717, 1.165) is 20.8 Å². The summed E-state index contributed by atoms with van der Waals surface area (Å²) in [7, 11) is 0. The Kier molecular flexibility index (Phi) is 28.3. The molecule has 3 aromatic carbocycles. The number of aliphatic hydroxyl groups is 1. The highest BCUT2D eigenvalue weighted by Crippen LogP contribution is 2.42. The van der Waals surface area contributed by atoms with Gasteiger partial charge in [0.25, 0.3) is 5.91 Å². The number of carbonyl (C=O) groups is 9. The summed E-state index contributed by atoms with van der Waals surface area (Å²) in [5, 5.41) is 29.9. The summed E-state index contributed by atoms with van der Waals surface area (Å²) in [4.78, 5) is 123. The lowest BCUT2D eigenvalue weighted by molar-refractivity contribution is -0.321. The molecule has 7 N–H and O–H groups in total. The van der Waals surface area contributed by atoms with E-state index in [4.69, 9.17) is 61.6 Å². The SMILES string of the molecule is CC(=O)OC1[C@@H](O[C@@H]2C(O)C(O[C@H]3OC(CNC(=O)OC(C)(C)C)CCC3NC(=O)OC(C)(C)C)[C@H](NC(=O)OC(C)(C)C)C[C@H]2NC(=O)[C@H](CCNC(=O)OC(C)(C)C)OC(C)=O)OC(COC(c2ccccc2)(c2ccccc2)c2ccccc2)[C@H](OC(C)=O)[C@@H]1NC(=O)OC(C)(C)C. The van der Waals surface area contributed by atoms with Gasteiger partial charge < -0.3 is 98.6 Å². The van der Waals surface area contributed by atoms with Gasteiger partial charge in [-0.1, -0.05) is 91.0 Å². The molecule has 101 heavy (non-hydrogen) atoms. The molecule has 2 saturated heterocycles. The molecule has 6 rings (SSSR count). The van der Waals surface area contributed by atoms with Crippen LogP contribution in [-0.2, 0) is 86.4 Å². The topological polar surface area (TPSA) is 366 Å². The minimum atomic E-state index is -2.14. The van der Waals surface area contributed by atoms with Crippen molar-refractivity contribution in [3.05, 3.63) is 108 Å². The largest absolute Gasteiger partial charge is 0.457 e. The molecule has 29 heteroatoms. The zero-order valence-corrected chi connectivity index (χ0v) is 61.1.